The van der Waals surface area contributed by atoms with Crippen molar-refractivity contribution < 1.29 is 19.0 Å². The van der Waals surface area contributed by atoms with Crippen molar-refractivity contribution in [3.05, 3.63) is 47.5 Å². The van der Waals surface area contributed by atoms with Crippen molar-refractivity contribution in [3.8, 4) is 0 Å². The Morgan fingerprint density at radius 1 is 0.978 bits per heavy atom. The molecule has 4 aliphatic carbocycles. The van der Waals surface area contributed by atoms with E-state index in [1.54, 1.807) is 5.57 Å². The summed E-state index contributed by atoms with van der Waals surface area (Å²) in [4.78, 5) is 17.6. The van der Waals surface area contributed by atoms with Crippen LogP contribution in [-0.2, 0) is 20.8 Å². The van der Waals surface area contributed by atoms with Gasteiger partial charge >= 0.3 is 6.09 Å². The number of ether oxygens (including phenoxy) is 3. The molecule has 1 amide bonds. The summed E-state index contributed by atoms with van der Waals surface area (Å²) in [6, 6.07) is 10.6. The Morgan fingerprint density at radius 2 is 1.78 bits per heavy atom. The van der Waals surface area contributed by atoms with E-state index in [1.807, 2.05) is 4.90 Å². The summed E-state index contributed by atoms with van der Waals surface area (Å²) in [5, 5.41) is 0. The maximum absolute atomic E-state index is 13.3. The fourth-order valence-electron chi connectivity index (χ4n) is 11.9. The Morgan fingerprint density at radius 3 is 2.53 bits per heavy atom. The Kier molecular flexibility index (Phi) is 7.69. The van der Waals surface area contributed by atoms with Gasteiger partial charge < -0.3 is 19.1 Å². The van der Waals surface area contributed by atoms with Crippen LogP contribution in [0.25, 0.3) is 0 Å². The molecule has 45 heavy (non-hydrogen) atoms. The highest BCUT2D eigenvalue weighted by Gasteiger charge is 2.68. The number of allylic oxidation sites excluding steroid dienone is 1. The smallest absolute Gasteiger partial charge is 0.410 e. The zero-order valence-electron chi connectivity index (χ0n) is 28.2. The molecular weight excluding hydrogens is 560 g/mol. The van der Waals surface area contributed by atoms with E-state index in [-0.39, 0.29) is 23.4 Å². The number of nitrogens with zero attached hydrogens (tertiary/aromatic N) is 2. The van der Waals surface area contributed by atoms with E-state index in [9.17, 15) is 4.79 Å². The molecule has 1 spiro atoms. The molecule has 1 aromatic rings. The van der Waals surface area contributed by atoms with Gasteiger partial charge in [-0.3, -0.25) is 4.90 Å². The number of rotatable bonds is 3. The molecule has 7 aliphatic rings. The van der Waals surface area contributed by atoms with E-state index in [0.29, 0.717) is 29.3 Å². The predicted octanol–water partition coefficient (Wildman–Crippen LogP) is 7.68. The van der Waals surface area contributed by atoms with Crippen LogP contribution in [0.2, 0.25) is 0 Å². The Balaban J connectivity index is 0.889. The normalized spacial score (nSPS) is 46.1. The van der Waals surface area contributed by atoms with E-state index in [4.69, 9.17) is 14.2 Å². The van der Waals surface area contributed by atoms with Crippen LogP contribution in [0.5, 0.6) is 0 Å². The first-order valence-corrected chi connectivity index (χ1v) is 18.4. The monoisotopic (exact) mass is 616 g/mol. The number of benzene rings is 1. The third-order valence-electron chi connectivity index (χ3n) is 14.5. The molecule has 3 saturated heterocycles. The van der Waals surface area contributed by atoms with E-state index in [2.05, 4.69) is 69.0 Å². The lowest BCUT2D eigenvalue weighted by Gasteiger charge is -2.58. The molecule has 0 unspecified atom stereocenters. The third kappa shape index (κ3) is 5.03. The van der Waals surface area contributed by atoms with Gasteiger partial charge in [0.15, 0.2) is 5.79 Å². The number of carbonyl (C=O) groups excluding carboxylic acids is 1. The van der Waals surface area contributed by atoms with Crippen LogP contribution >= 0.6 is 0 Å². The number of fused-ring (bicyclic) bond motifs is 7. The minimum atomic E-state index is -0.330. The molecule has 0 bridgehead atoms. The van der Waals surface area contributed by atoms with Gasteiger partial charge in [-0.2, -0.15) is 0 Å². The predicted molar refractivity (Wildman–Crippen MR) is 175 cm³/mol. The van der Waals surface area contributed by atoms with Crippen LogP contribution in [0.3, 0.4) is 0 Å². The highest BCUT2D eigenvalue weighted by molar-refractivity contribution is 5.68. The van der Waals surface area contributed by atoms with Crippen molar-refractivity contribution in [1.82, 2.24) is 9.80 Å². The van der Waals surface area contributed by atoms with E-state index < -0.39 is 0 Å². The molecule has 11 atom stereocenters. The molecule has 6 heteroatoms. The summed E-state index contributed by atoms with van der Waals surface area (Å²) < 4.78 is 19.7. The zero-order valence-corrected chi connectivity index (χ0v) is 28.2. The fraction of sp³-hybridized carbons (Fsp3) is 0.769. The van der Waals surface area contributed by atoms with Gasteiger partial charge in [0.05, 0.1) is 12.7 Å². The standard InChI is InChI=1S/C39H56N2O4/c1-26-12-17-39(43-25-26)27(2)35-34(45-39)23-33-31-11-10-29-22-30(13-15-37(29,3)32(31)14-16-38(33,35)4)44-36(42)41-20-18-40(19-21-41)24-28-8-6-5-7-9-28/h5-10,26-27,30-35H,11-25H2,1-4H3/t26-,27+,30+,31-,32+,33+,34+,35+,37+,38+,39-/m1/s1. The van der Waals surface area contributed by atoms with Crippen LogP contribution in [0.4, 0.5) is 4.79 Å². The quantitative estimate of drug-likeness (QED) is 0.326. The summed E-state index contributed by atoms with van der Waals surface area (Å²) >= 11 is 0. The van der Waals surface area contributed by atoms with Gasteiger partial charge in [0.1, 0.15) is 6.10 Å². The molecule has 8 rings (SSSR count). The molecule has 0 aromatic heterocycles. The topological polar surface area (TPSA) is 51.2 Å². The Hall–Kier alpha value is -1.89. The second kappa shape index (κ2) is 11.4. The minimum absolute atomic E-state index is 0.0130. The molecule has 6 fully saturated rings. The van der Waals surface area contributed by atoms with E-state index >= 15 is 0 Å². The van der Waals surface area contributed by atoms with Crippen molar-refractivity contribution >= 4 is 6.09 Å². The molecule has 3 heterocycles. The van der Waals surface area contributed by atoms with Crippen LogP contribution in [0.1, 0.15) is 91.0 Å². The number of carbonyl (C=O) groups is 1. The highest BCUT2D eigenvalue weighted by Crippen LogP contribution is 2.70. The van der Waals surface area contributed by atoms with Gasteiger partial charge in [-0.1, -0.05) is 69.7 Å². The minimum Gasteiger partial charge on any atom is -0.446 e. The average Bonchev–Trinajstić information content (AvgIpc) is 3.49. The lowest BCUT2D eigenvalue weighted by molar-refractivity contribution is -0.272. The first-order valence-electron chi connectivity index (χ1n) is 18.4. The van der Waals surface area contributed by atoms with Gasteiger partial charge in [0, 0.05) is 51.5 Å². The third-order valence-corrected chi connectivity index (χ3v) is 14.5. The number of hydrogen-bond acceptors (Lipinski definition) is 5. The molecule has 0 radical (unpaired) electrons. The second-order valence-electron chi connectivity index (χ2n) is 16.8. The molecule has 1 aromatic carbocycles. The van der Waals surface area contributed by atoms with Gasteiger partial charge in [-0.15, -0.1) is 0 Å². The summed E-state index contributed by atoms with van der Waals surface area (Å²) in [7, 11) is 0. The van der Waals surface area contributed by atoms with Gasteiger partial charge in [0.2, 0.25) is 0 Å². The van der Waals surface area contributed by atoms with Crippen molar-refractivity contribution in [2.45, 2.75) is 110 Å². The van der Waals surface area contributed by atoms with Crippen molar-refractivity contribution in [3.63, 3.8) is 0 Å². The van der Waals surface area contributed by atoms with Crippen LogP contribution in [0, 0.1) is 46.3 Å². The fourth-order valence-corrected chi connectivity index (χ4v) is 11.9. The summed E-state index contributed by atoms with van der Waals surface area (Å²) in [6.07, 6.45) is 13.2. The van der Waals surface area contributed by atoms with Crippen LogP contribution < -0.4 is 0 Å². The van der Waals surface area contributed by atoms with Crippen LogP contribution in [0.15, 0.2) is 42.0 Å². The molecule has 6 nitrogen and oxygen atoms in total. The number of amides is 1. The second-order valence-corrected chi connectivity index (χ2v) is 16.8. The first kappa shape index (κ1) is 30.4. The Labute approximate surface area is 271 Å². The lowest BCUT2D eigenvalue weighted by atomic mass is 9.47. The van der Waals surface area contributed by atoms with Crippen molar-refractivity contribution in [2.24, 2.45) is 46.3 Å². The lowest BCUT2D eigenvalue weighted by Crippen LogP contribution is -2.53. The SMILES string of the molecule is C[C@@H]1CC[C@@]2(OC1)O[C@H]1C[C@H]3[C@@H]4CC=C5C[C@@H](OC(=O)N6CCN(Cc7ccccc7)CC6)CC[C@]5(C)[C@H]4CC[C@]3(C)[C@H]1[C@@H]2C. The summed E-state index contributed by atoms with van der Waals surface area (Å²) in [5.74, 6) is 3.62. The summed E-state index contributed by atoms with van der Waals surface area (Å²) in [5.41, 5.74) is 3.50. The zero-order chi connectivity index (χ0) is 31.0. The van der Waals surface area contributed by atoms with E-state index in [1.165, 1.54) is 37.7 Å². The van der Waals surface area contributed by atoms with Gasteiger partial charge in [0.25, 0.3) is 0 Å². The van der Waals surface area contributed by atoms with Crippen molar-refractivity contribution in [2.75, 3.05) is 32.8 Å². The molecule has 3 aliphatic heterocycles. The molecule has 0 N–H and O–H groups in total. The summed E-state index contributed by atoms with van der Waals surface area (Å²) in [6.45, 7) is 15.0. The molecular formula is C39H56N2O4. The number of piperazine rings is 1. The molecule has 3 saturated carbocycles. The largest absolute Gasteiger partial charge is 0.446 e. The first-order chi connectivity index (χ1) is 21.7. The van der Waals surface area contributed by atoms with Gasteiger partial charge in [-0.25, -0.2) is 4.79 Å². The Bertz CT molecular complexity index is 1280. The van der Waals surface area contributed by atoms with Crippen LogP contribution in [-0.4, -0.2) is 66.7 Å². The van der Waals surface area contributed by atoms with E-state index in [0.717, 1.165) is 82.8 Å². The van der Waals surface area contributed by atoms with Gasteiger partial charge in [-0.05, 0) is 90.9 Å². The van der Waals surface area contributed by atoms with Crippen molar-refractivity contribution in [1.29, 1.82) is 0 Å². The highest BCUT2D eigenvalue weighted by atomic mass is 16.7. The maximum atomic E-state index is 13.3. The number of hydrogen-bond donors (Lipinski definition) is 0. The average molecular weight is 617 g/mol. The molecule has 246 valence electrons. The maximum Gasteiger partial charge on any atom is 0.410 e.